The normalized spacial score (nSPS) is 30.4. The molecule has 98 valence electrons. The molecule has 3 heteroatoms. The van der Waals surface area contributed by atoms with Gasteiger partial charge in [-0.2, -0.15) is 0 Å². The number of rotatable bonds is 1. The average molecular weight is 254 g/mol. The van der Waals surface area contributed by atoms with Crippen molar-refractivity contribution in [3.8, 4) is 0 Å². The second-order valence-corrected chi connectivity index (χ2v) is 6.27. The van der Waals surface area contributed by atoms with Crippen LogP contribution in [0.4, 0.5) is 0 Å². The van der Waals surface area contributed by atoms with E-state index in [1.807, 2.05) is 0 Å². The molecule has 1 aromatic rings. The van der Waals surface area contributed by atoms with E-state index in [0.29, 0.717) is 18.7 Å². The zero-order valence-corrected chi connectivity index (χ0v) is 11.6. The number of ether oxygens (including phenoxy) is 1. The first kappa shape index (κ1) is 11.2. The second kappa shape index (κ2) is 3.48. The minimum absolute atomic E-state index is 0.0998. The number of aliphatic imine (C=N–C) groups is 1. The minimum atomic E-state index is -0.0998. The van der Waals surface area contributed by atoms with E-state index >= 15 is 0 Å². The fourth-order valence-electron chi connectivity index (χ4n) is 3.36. The molecule has 19 heavy (non-hydrogen) atoms. The first-order chi connectivity index (χ1) is 9.07. The summed E-state index contributed by atoms with van der Waals surface area (Å²) in [7, 11) is 2.18. The van der Waals surface area contributed by atoms with Crippen molar-refractivity contribution < 1.29 is 4.74 Å². The van der Waals surface area contributed by atoms with Crippen LogP contribution in [0.5, 0.6) is 0 Å². The maximum atomic E-state index is 5.83. The molecule has 1 aromatic carbocycles. The largest absolute Gasteiger partial charge is 0.475 e. The predicted molar refractivity (Wildman–Crippen MR) is 75.4 cm³/mol. The van der Waals surface area contributed by atoms with E-state index in [4.69, 9.17) is 9.73 Å². The van der Waals surface area contributed by atoms with Crippen LogP contribution >= 0.6 is 0 Å². The second-order valence-electron chi connectivity index (χ2n) is 6.27. The number of likely N-dealkylation sites (N-methyl/N-ethyl adjacent to an activating group) is 1. The maximum Gasteiger partial charge on any atom is 0.217 e. The molecule has 0 saturated heterocycles. The number of hydrogen-bond donors (Lipinski definition) is 0. The highest BCUT2D eigenvalue weighted by atomic mass is 16.5. The van der Waals surface area contributed by atoms with Crippen LogP contribution in [0.15, 0.2) is 35.3 Å². The van der Waals surface area contributed by atoms with Crippen molar-refractivity contribution >= 4 is 5.90 Å². The van der Waals surface area contributed by atoms with Crippen LogP contribution in [0.1, 0.15) is 42.6 Å². The number of nitrogens with zero attached hydrogens (tertiary/aromatic N) is 2. The number of hydrogen-bond acceptors (Lipinski definition) is 3. The van der Waals surface area contributed by atoms with Gasteiger partial charge in [0.25, 0.3) is 0 Å². The van der Waals surface area contributed by atoms with Crippen LogP contribution in [0.2, 0.25) is 0 Å². The Morgan fingerprint density at radius 3 is 2.79 bits per heavy atom. The van der Waals surface area contributed by atoms with Gasteiger partial charge in [-0.05, 0) is 38.1 Å². The van der Waals surface area contributed by atoms with Gasteiger partial charge in [-0.15, -0.1) is 0 Å². The predicted octanol–water partition coefficient (Wildman–Crippen LogP) is 2.84. The van der Waals surface area contributed by atoms with Crippen molar-refractivity contribution in [2.24, 2.45) is 4.99 Å². The maximum absolute atomic E-state index is 5.83. The molecule has 0 aliphatic carbocycles. The van der Waals surface area contributed by atoms with Gasteiger partial charge < -0.3 is 4.74 Å². The average Bonchev–Trinajstić information content (AvgIpc) is 3.01. The summed E-state index contributed by atoms with van der Waals surface area (Å²) in [5.74, 6) is 0.816. The summed E-state index contributed by atoms with van der Waals surface area (Å²) in [6, 6.07) is 7.29. The van der Waals surface area contributed by atoms with Crippen molar-refractivity contribution in [3.05, 3.63) is 47.0 Å². The van der Waals surface area contributed by atoms with Gasteiger partial charge in [0, 0.05) is 5.56 Å². The zero-order valence-electron chi connectivity index (χ0n) is 11.6. The van der Waals surface area contributed by atoms with Crippen LogP contribution in [0.25, 0.3) is 0 Å². The quantitative estimate of drug-likeness (QED) is 0.720. The Kier molecular flexibility index (Phi) is 2.06. The van der Waals surface area contributed by atoms with E-state index in [9.17, 15) is 0 Å². The summed E-state index contributed by atoms with van der Waals surface area (Å²) in [5.41, 5.74) is 3.86. The Balaban J connectivity index is 1.86. The standard InChI is InChI=1S/C16H18N2O/c1-16(2)9-19-15(17-16)11-6-4-5-10-12-7-8-13(14(10)11)18(12)3/h4-8,12-13H,9H2,1-3H3/t12-,13+/m0/s1. The molecule has 2 bridgehead atoms. The van der Waals surface area contributed by atoms with Gasteiger partial charge >= 0.3 is 0 Å². The Hall–Kier alpha value is -1.61. The molecule has 0 amide bonds. The van der Waals surface area contributed by atoms with Crippen LogP contribution in [0.3, 0.4) is 0 Å². The van der Waals surface area contributed by atoms with Crippen LogP contribution in [-0.2, 0) is 4.74 Å². The van der Waals surface area contributed by atoms with Crippen molar-refractivity contribution in [1.82, 2.24) is 4.90 Å². The van der Waals surface area contributed by atoms with E-state index in [1.54, 1.807) is 0 Å². The van der Waals surface area contributed by atoms with E-state index in [1.165, 1.54) is 16.7 Å². The number of fused-ring (bicyclic) bond motifs is 5. The zero-order chi connectivity index (χ0) is 13.2. The Morgan fingerprint density at radius 2 is 2.05 bits per heavy atom. The summed E-state index contributed by atoms with van der Waals surface area (Å²) in [5, 5.41) is 0. The smallest absolute Gasteiger partial charge is 0.217 e. The van der Waals surface area contributed by atoms with Crippen molar-refractivity contribution in [2.45, 2.75) is 31.5 Å². The van der Waals surface area contributed by atoms with Gasteiger partial charge in [0.05, 0.1) is 17.6 Å². The lowest BCUT2D eigenvalue weighted by molar-refractivity contribution is 0.278. The molecule has 4 rings (SSSR count). The van der Waals surface area contributed by atoms with E-state index < -0.39 is 0 Å². The molecule has 3 aliphatic rings. The lowest BCUT2D eigenvalue weighted by Gasteiger charge is -2.15. The molecule has 3 nitrogen and oxygen atoms in total. The topological polar surface area (TPSA) is 24.8 Å². The van der Waals surface area contributed by atoms with Gasteiger partial charge in [-0.1, -0.05) is 24.3 Å². The minimum Gasteiger partial charge on any atom is -0.475 e. The molecule has 2 atom stereocenters. The summed E-state index contributed by atoms with van der Waals surface area (Å²) < 4.78 is 5.83. The molecule has 3 aliphatic heterocycles. The third kappa shape index (κ3) is 1.45. The SMILES string of the molecule is CN1[C@@H]2C=C[C@H]1c1cccc(C3=NC(C)(C)CO3)c12. The monoisotopic (exact) mass is 254 g/mol. The first-order valence-electron chi connectivity index (χ1n) is 6.83. The highest BCUT2D eigenvalue weighted by Crippen LogP contribution is 2.48. The molecular formula is C16H18N2O. The molecule has 0 spiro atoms. The third-order valence-corrected chi connectivity index (χ3v) is 4.30. The summed E-state index contributed by atoms with van der Waals surface area (Å²) in [6.45, 7) is 4.90. The van der Waals surface area contributed by atoms with Crippen molar-refractivity contribution in [1.29, 1.82) is 0 Å². The lowest BCUT2D eigenvalue weighted by Crippen LogP contribution is -2.17. The van der Waals surface area contributed by atoms with Gasteiger partial charge in [0.15, 0.2) is 0 Å². The van der Waals surface area contributed by atoms with Gasteiger partial charge in [0.2, 0.25) is 5.90 Å². The highest BCUT2D eigenvalue weighted by Gasteiger charge is 2.40. The Morgan fingerprint density at radius 1 is 1.26 bits per heavy atom. The molecule has 3 heterocycles. The molecule has 0 N–H and O–H groups in total. The van der Waals surface area contributed by atoms with Crippen LogP contribution in [0, 0.1) is 0 Å². The number of benzene rings is 1. The highest BCUT2D eigenvalue weighted by molar-refractivity contribution is 5.98. The fourth-order valence-corrected chi connectivity index (χ4v) is 3.36. The van der Waals surface area contributed by atoms with Crippen LogP contribution in [-0.4, -0.2) is 30.0 Å². The summed E-state index contributed by atoms with van der Waals surface area (Å²) in [6.07, 6.45) is 4.58. The molecule has 0 fully saturated rings. The van der Waals surface area contributed by atoms with E-state index in [0.717, 1.165) is 5.90 Å². The Bertz CT molecular complexity index is 615. The molecular weight excluding hydrogens is 236 g/mol. The van der Waals surface area contributed by atoms with Gasteiger partial charge in [-0.3, -0.25) is 4.90 Å². The van der Waals surface area contributed by atoms with Crippen molar-refractivity contribution in [2.75, 3.05) is 13.7 Å². The van der Waals surface area contributed by atoms with E-state index in [-0.39, 0.29) is 5.54 Å². The molecule has 0 saturated carbocycles. The fraction of sp³-hybridized carbons (Fsp3) is 0.438. The summed E-state index contributed by atoms with van der Waals surface area (Å²) >= 11 is 0. The van der Waals surface area contributed by atoms with Crippen LogP contribution < -0.4 is 0 Å². The van der Waals surface area contributed by atoms with Crippen molar-refractivity contribution in [3.63, 3.8) is 0 Å². The van der Waals surface area contributed by atoms with E-state index in [2.05, 4.69) is 56.1 Å². The Labute approximate surface area is 113 Å². The first-order valence-corrected chi connectivity index (χ1v) is 6.83. The molecule has 0 radical (unpaired) electrons. The van der Waals surface area contributed by atoms with Gasteiger partial charge in [0.1, 0.15) is 6.61 Å². The lowest BCUT2D eigenvalue weighted by atomic mass is 9.92. The van der Waals surface area contributed by atoms with Gasteiger partial charge in [-0.25, -0.2) is 4.99 Å². The third-order valence-electron chi connectivity index (χ3n) is 4.30. The molecule has 0 unspecified atom stereocenters. The molecule has 0 aromatic heterocycles. The summed E-state index contributed by atoms with van der Waals surface area (Å²) in [4.78, 5) is 7.13.